The molecule has 3 aromatic heterocycles. The van der Waals surface area contributed by atoms with Gasteiger partial charge in [0.25, 0.3) is 0 Å². The Morgan fingerprint density at radius 3 is 2.21 bits per heavy atom. The van der Waals surface area contributed by atoms with Crippen molar-refractivity contribution in [2.24, 2.45) is 0 Å². The molecule has 1 saturated heterocycles. The van der Waals surface area contributed by atoms with Crippen molar-refractivity contribution < 1.29 is 0 Å². The molecular formula is C42H59N11. The van der Waals surface area contributed by atoms with Gasteiger partial charge < -0.3 is 15.5 Å². The van der Waals surface area contributed by atoms with Gasteiger partial charge in [-0.2, -0.15) is 0 Å². The van der Waals surface area contributed by atoms with Crippen LogP contribution in [0, 0.1) is 0 Å². The van der Waals surface area contributed by atoms with Crippen LogP contribution in [0.3, 0.4) is 0 Å². The Morgan fingerprint density at radius 2 is 1.57 bits per heavy atom. The zero-order valence-electron chi connectivity index (χ0n) is 33.3. The maximum atomic E-state index is 4.93. The van der Waals surface area contributed by atoms with Crippen LogP contribution in [0.15, 0.2) is 61.1 Å². The van der Waals surface area contributed by atoms with E-state index in [1.807, 2.05) is 23.3 Å². The highest BCUT2D eigenvalue weighted by Crippen LogP contribution is 2.34. The summed E-state index contributed by atoms with van der Waals surface area (Å²) in [6, 6.07) is 15.7. The zero-order chi connectivity index (χ0) is 37.8. The molecular weight excluding hydrogens is 659 g/mol. The van der Waals surface area contributed by atoms with E-state index in [9.17, 15) is 0 Å². The van der Waals surface area contributed by atoms with Crippen LogP contribution in [-0.2, 0) is 31.3 Å². The van der Waals surface area contributed by atoms with Crippen LogP contribution in [0.25, 0.3) is 22.0 Å². The maximum absolute atomic E-state index is 4.93. The second-order valence-corrected chi connectivity index (χ2v) is 16.5. The van der Waals surface area contributed by atoms with E-state index in [0.29, 0.717) is 12.5 Å². The summed E-state index contributed by atoms with van der Waals surface area (Å²) in [4.78, 5) is 19.2. The summed E-state index contributed by atoms with van der Waals surface area (Å²) in [6.45, 7) is 26.0. The SMILES string of the molecule is CCc1cc(CC)cc(-c2cc3cnc(NCc4cn(CCN5CCN(c6ccc(C(C)(C)C)cn6)CC5)nn4)nc3cc2NC(C)NC(C)(C)C)c1. The maximum Gasteiger partial charge on any atom is 0.223 e. The van der Waals surface area contributed by atoms with E-state index >= 15 is 0 Å². The third-order valence-corrected chi connectivity index (χ3v) is 9.89. The molecule has 1 atom stereocenters. The van der Waals surface area contributed by atoms with Crippen molar-refractivity contribution in [2.45, 2.75) is 105 Å². The van der Waals surface area contributed by atoms with Crippen molar-refractivity contribution in [3.63, 3.8) is 0 Å². The van der Waals surface area contributed by atoms with Crippen LogP contribution in [0.1, 0.15) is 84.7 Å². The average molecular weight is 718 g/mol. The van der Waals surface area contributed by atoms with Gasteiger partial charge in [-0.25, -0.2) is 15.0 Å². The molecule has 2 aromatic carbocycles. The van der Waals surface area contributed by atoms with Crippen molar-refractivity contribution >= 4 is 28.4 Å². The first-order chi connectivity index (χ1) is 25.3. The van der Waals surface area contributed by atoms with Crippen LogP contribution in [-0.4, -0.2) is 79.3 Å². The molecule has 3 N–H and O–H groups in total. The second-order valence-electron chi connectivity index (χ2n) is 16.5. The van der Waals surface area contributed by atoms with Gasteiger partial charge in [0.2, 0.25) is 5.95 Å². The topological polar surface area (TPSA) is 112 Å². The van der Waals surface area contributed by atoms with Gasteiger partial charge in [0.05, 0.1) is 31.0 Å². The van der Waals surface area contributed by atoms with Gasteiger partial charge >= 0.3 is 0 Å². The Kier molecular flexibility index (Phi) is 11.6. The summed E-state index contributed by atoms with van der Waals surface area (Å²) >= 11 is 0. The molecule has 6 rings (SSSR count). The minimum atomic E-state index is -0.0325. The first-order valence-corrected chi connectivity index (χ1v) is 19.3. The van der Waals surface area contributed by atoms with Crippen LogP contribution < -0.4 is 20.9 Å². The highest BCUT2D eigenvalue weighted by atomic mass is 15.4. The van der Waals surface area contributed by atoms with E-state index in [1.165, 1.54) is 22.3 Å². The smallest absolute Gasteiger partial charge is 0.223 e. The number of nitrogens with one attached hydrogen (secondary N) is 3. The Morgan fingerprint density at radius 1 is 0.830 bits per heavy atom. The fourth-order valence-electron chi connectivity index (χ4n) is 6.93. The lowest BCUT2D eigenvalue weighted by Crippen LogP contribution is -2.47. The third kappa shape index (κ3) is 10.1. The molecule has 0 amide bonds. The molecule has 0 saturated carbocycles. The van der Waals surface area contributed by atoms with Crippen LogP contribution in [0.5, 0.6) is 0 Å². The number of anilines is 3. The van der Waals surface area contributed by atoms with Crippen LogP contribution in [0.4, 0.5) is 17.5 Å². The normalized spacial score (nSPS) is 14.8. The van der Waals surface area contributed by atoms with Gasteiger partial charge in [-0.05, 0) is 86.4 Å². The number of fused-ring (bicyclic) bond motifs is 1. The molecule has 0 radical (unpaired) electrons. The van der Waals surface area contributed by atoms with Gasteiger partial charge in [-0.1, -0.05) is 64.1 Å². The molecule has 11 nitrogen and oxygen atoms in total. The number of aryl methyl sites for hydroxylation is 2. The van der Waals surface area contributed by atoms with E-state index < -0.39 is 0 Å². The van der Waals surface area contributed by atoms with Crippen LogP contribution in [0.2, 0.25) is 0 Å². The highest BCUT2D eigenvalue weighted by molar-refractivity contribution is 5.92. The number of hydrogen-bond donors (Lipinski definition) is 3. The number of aromatic nitrogens is 6. The van der Waals surface area contributed by atoms with Crippen molar-refractivity contribution in [3.8, 4) is 11.1 Å². The Bertz CT molecular complexity index is 1940. The molecule has 1 unspecified atom stereocenters. The summed E-state index contributed by atoms with van der Waals surface area (Å²) < 4.78 is 1.93. The highest BCUT2D eigenvalue weighted by Gasteiger charge is 2.20. The molecule has 1 fully saturated rings. The number of rotatable bonds is 13. The van der Waals surface area contributed by atoms with Gasteiger partial charge in [0.15, 0.2) is 0 Å². The Balaban J connectivity index is 1.08. The quantitative estimate of drug-likeness (QED) is 0.107. The molecule has 5 aromatic rings. The minimum Gasteiger partial charge on any atom is -0.370 e. The second kappa shape index (κ2) is 16.2. The first-order valence-electron chi connectivity index (χ1n) is 19.3. The van der Waals surface area contributed by atoms with Crippen molar-refractivity contribution in [1.82, 2.24) is 40.2 Å². The Labute approximate surface area is 316 Å². The monoisotopic (exact) mass is 717 g/mol. The molecule has 53 heavy (non-hydrogen) atoms. The van der Waals surface area contributed by atoms with E-state index in [1.54, 1.807) is 0 Å². The number of piperazine rings is 1. The largest absolute Gasteiger partial charge is 0.370 e. The predicted molar refractivity (Wildman–Crippen MR) is 219 cm³/mol. The lowest BCUT2D eigenvalue weighted by atomic mass is 9.88. The van der Waals surface area contributed by atoms with Crippen LogP contribution >= 0.6 is 0 Å². The molecule has 282 valence electrons. The average Bonchev–Trinajstić information content (AvgIpc) is 3.59. The van der Waals surface area contributed by atoms with E-state index in [0.717, 1.165) is 85.8 Å². The third-order valence-electron chi connectivity index (χ3n) is 9.89. The van der Waals surface area contributed by atoms with Gasteiger partial charge in [-0.3, -0.25) is 14.9 Å². The standard InChI is InChI=1S/C42H59N11/c1-10-30-20-31(11-2)22-32(21-30)36-23-33-25-44-40(47-37(33)24-38(36)46-29(3)48-42(7,8)9)45-27-35-28-53(50-49-35)19-16-51-14-17-52(18-15-51)39-13-12-34(26-43-39)41(4,5)6/h12-13,20-26,28-29,46,48H,10-11,14-19,27H2,1-9H3,(H,44,45,47). The van der Waals surface area contributed by atoms with E-state index in [4.69, 9.17) is 9.97 Å². The summed E-state index contributed by atoms with van der Waals surface area (Å²) in [5.41, 5.74) is 9.15. The zero-order valence-corrected chi connectivity index (χ0v) is 33.3. The van der Waals surface area contributed by atoms with E-state index in [2.05, 4.69) is 146 Å². The summed E-state index contributed by atoms with van der Waals surface area (Å²) in [7, 11) is 0. The lowest BCUT2D eigenvalue weighted by molar-refractivity contribution is 0.243. The minimum absolute atomic E-state index is 0.0325. The number of nitrogens with zero attached hydrogens (tertiary/aromatic N) is 8. The number of benzene rings is 2. The summed E-state index contributed by atoms with van der Waals surface area (Å²) in [5.74, 6) is 1.63. The molecule has 1 aliphatic rings. The number of pyridine rings is 1. The molecule has 0 aliphatic carbocycles. The molecule has 1 aliphatic heterocycles. The summed E-state index contributed by atoms with van der Waals surface area (Å²) in [5, 5.41) is 20.6. The summed E-state index contributed by atoms with van der Waals surface area (Å²) in [6.07, 6.45) is 7.98. The van der Waals surface area contributed by atoms with E-state index in [-0.39, 0.29) is 17.1 Å². The predicted octanol–water partition coefficient (Wildman–Crippen LogP) is 7.29. The van der Waals surface area contributed by atoms with Crippen molar-refractivity contribution in [3.05, 3.63) is 83.4 Å². The molecule has 4 heterocycles. The fourth-order valence-corrected chi connectivity index (χ4v) is 6.93. The van der Waals surface area contributed by atoms with Gasteiger partial charge in [0, 0.05) is 67.3 Å². The first kappa shape index (κ1) is 38.1. The number of hydrogen-bond acceptors (Lipinski definition) is 10. The van der Waals surface area contributed by atoms with Gasteiger partial charge in [0.1, 0.15) is 11.5 Å². The Hall–Kier alpha value is -4.61. The molecule has 11 heteroatoms. The molecule has 0 spiro atoms. The molecule has 0 bridgehead atoms. The van der Waals surface area contributed by atoms with Gasteiger partial charge in [-0.15, -0.1) is 5.10 Å². The van der Waals surface area contributed by atoms with Crippen molar-refractivity contribution in [2.75, 3.05) is 48.3 Å². The fraction of sp³-hybridized carbons (Fsp3) is 0.500. The lowest BCUT2D eigenvalue weighted by Gasteiger charge is -2.35. The van der Waals surface area contributed by atoms with Crippen molar-refractivity contribution in [1.29, 1.82) is 0 Å².